The van der Waals surface area contributed by atoms with Crippen LogP contribution in [0.2, 0.25) is 0 Å². The van der Waals surface area contributed by atoms with Crippen molar-refractivity contribution in [3.05, 3.63) is 0 Å². The molecule has 238 valence electrons. The summed E-state index contributed by atoms with van der Waals surface area (Å²) in [6, 6.07) is -0.651. The molecule has 0 saturated carbocycles. The zero-order valence-corrected chi connectivity index (χ0v) is 26.8. The summed E-state index contributed by atoms with van der Waals surface area (Å²) in [6.45, 7) is 5.96. The van der Waals surface area contributed by atoms with E-state index in [0.29, 0.717) is 32.5 Å². The minimum absolute atomic E-state index is 0. The normalized spacial score (nSPS) is 11.3. The Morgan fingerprint density at radius 2 is 1.07 bits per heavy atom. The van der Waals surface area contributed by atoms with E-state index in [1.165, 1.54) is 103 Å². The maximum absolute atomic E-state index is 12.8. The number of carbonyl (C=O) groups is 2. The topological polar surface area (TPSA) is 129 Å². The van der Waals surface area contributed by atoms with Crippen LogP contribution in [-0.4, -0.2) is 43.7 Å². The van der Waals surface area contributed by atoms with Gasteiger partial charge in [0.05, 0.1) is 6.61 Å². The fourth-order valence-corrected chi connectivity index (χ4v) is 4.68. The molecular formula is C31H64ClN5O3. The van der Waals surface area contributed by atoms with Gasteiger partial charge in [0.25, 0.3) is 0 Å². The molecule has 0 heterocycles. The minimum atomic E-state index is -0.651. The molecule has 0 unspecified atom stereocenters. The molecule has 0 aromatic heterocycles. The van der Waals surface area contributed by atoms with Crippen LogP contribution in [0.15, 0.2) is 0 Å². The number of hydrogen-bond acceptors (Lipinski definition) is 4. The maximum Gasteiger partial charge on any atom is 0.407 e. The van der Waals surface area contributed by atoms with Crippen LogP contribution in [-0.2, 0) is 9.53 Å². The average Bonchev–Trinajstić information content (AvgIpc) is 2.91. The molecule has 0 fully saturated rings. The van der Waals surface area contributed by atoms with Gasteiger partial charge in [0.15, 0.2) is 5.96 Å². The van der Waals surface area contributed by atoms with Crippen molar-refractivity contribution in [1.29, 1.82) is 5.41 Å². The van der Waals surface area contributed by atoms with Crippen molar-refractivity contribution >= 4 is 30.4 Å². The number of nitrogens with one attached hydrogen (secondary N) is 4. The van der Waals surface area contributed by atoms with E-state index in [1.807, 2.05) is 0 Å². The summed E-state index contributed by atoms with van der Waals surface area (Å²) in [6.07, 6.45) is 25.3. The Bertz CT molecular complexity index is 595. The average molecular weight is 590 g/mol. The molecule has 2 amide bonds. The molecule has 0 aromatic carbocycles. The monoisotopic (exact) mass is 589 g/mol. The molecule has 0 aromatic rings. The SMILES string of the molecule is CCCCCCCCCCCCNC(=O)[C@H](CCCNC(=N)N)NC(=O)OCCCCCCCCCCCC.Cl. The number of rotatable bonds is 28. The Balaban J connectivity index is 0. The minimum Gasteiger partial charge on any atom is -0.450 e. The third-order valence-corrected chi connectivity index (χ3v) is 7.15. The van der Waals surface area contributed by atoms with Gasteiger partial charge in [-0.15, -0.1) is 12.4 Å². The number of halogens is 1. The number of hydrogen-bond donors (Lipinski definition) is 5. The summed E-state index contributed by atoms with van der Waals surface area (Å²) in [5.41, 5.74) is 5.34. The second-order valence-corrected chi connectivity index (χ2v) is 11.0. The second kappa shape index (κ2) is 31.8. The van der Waals surface area contributed by atoms with Crippen LogP contribution in [0.25, 0.3) is 0 Å². The number of guanidine groups is 1. The number of amides is 2. The van der Waals surface area contributed by atoms with Gasteiger partial charge in [0.2, 0.25) is 5.91 Å². The molecule has 0 aliphatic rings. The molecule has 0 rings (SSSR count). The molecule has 0 bridgehead atoms. The van der Waals surface area contributed by atoms with Crippen molar-refractivity contribution < 1.29 is 14.3 Å². The third kappa shape index (κ3) is 29.3. The predicted molar refractivity (Wildman–Crippen MR) is 171 cm³/mol. The van der Waals surface area contributed by atoms with Crippen molar-refractivity contribution in [1.82, 2.24) is 16.0 Å². The smallest absolute Gasteiger partial charge is 0.407 e. The van der Waals surface area contributed by atoms with Crippen LogP contribution in [0.4, 0.5) is 4.79 Å². The lowest BCUT2D eigenvalue weighted by Crippen LogP contribution is -2.47. The maximum atomic E-state index is 12.8. The summed E-state index contributed by atoms with van der Waals surface area (Å²) in [7, 11) is 0. The Morgan fingerprint density at radius 1 is 0.650 bits per heavy atom. The third-order valence-electron chi connectivity index (χ3n) is 7.15. The molecule has 6 N–H and O–H groups in total. The summed E-state index contributed by atoms with van der Waals surface area (Å²) in [4.78, 5) is 25.1. The van der Waals surface area contributed by atoms with E-state index >= 15 is 0 Å². The highest BCUT2D eigenvalue weighted by atomic mass is 35.5. The fraction of sp³-hybridized carbons (Fsp3) is 0.903. The van der Waals surface area contributed by atoms with Gasteiger partial charge in [-0.2, -0.15) is 0 Å². The molecule has 9 heteroatoms. The first-order chi connectivity index (χ1) is 19.0. The van der Waals surface area contributed by atoms with Crippen LogP contribution < -0.4 is 21.7 Å². The van der Waals surface area contributed by atoms with Crippen LogP contribution in [0.5, 0.6) is 0 Å². The Morgan fingerprint density at radius 3 is 1.55 bits per heavy atom. The van der Waals surface area contributed by atoms with Gasteiger partial charge in [0.1, 0.15) is 6.04 Å². The highest BCUT2D eigenvalue weighted by molar-refractivity contribution is 5.85. The molecule has 0 spiro atoms. The van der Waals surface area contributed by atoms with Gasteiger partial charge < -0.3 is 26.4 Å². The van der Waals surface area contributed by atoms with Gasteiger partial charge in [-0.25, -0.2) is 4.79 Å². The van der Waals surface area contributed by atoms with Gasteiger partial charge in [0, 0.05) is 13.1 Å². The number of ether oxygens (including phenoxy) is 1. The van der Waals surface area contributed by atoms with Crippen LogP contribution in [0, 0.1) is 5.41 Å². The summed E-state index contributed by atoms with van der Waals surface area (Å²) in [5, 5.41) is 15.7. The zero-order chi connectivity index (χ0) is 28.8. The number of carbonyl (C=O) groups excluding carboxylic acids is 2. The molecule has 0 aliphatic heterocycles. The first-order valence-corrected chi connectivity index (χ1v) is 16.3. The van der Waals surface area contributed by atoms with Crippen molar-refractivity contribution in [2.75, 3.05) is 19.7 Å². The lowest BCUT2D eigenvalue weighted by atomic mass is 10.1. The Hall–Kier alpha value is -1.70. The van der Waals surface area contributed by atoms with Crippen molar-refractivity contribution in [2.45, 2.75) is 161 Å². The highest BCUT2D eigenvalue weighted by Crippen LogP contribution is 2.11. The van der Waals surface area contributed by atoms with E-state index in [4.69, 9.17) is 15.9 Å². The molecule has 1 atom stereocenters. The van der Waals surface area contributed by atoms with E-state index in [-0.39, 0.29) is 24.3 Å². The summed E-state index contributed by atoms with van der Waals surface area (Å²) >= 11 is 0. The summed E-state index contributed by atoms with van der Waals surface area (Å²) in [5.74, 6) is -0.273. The van der Waals surface area contributed by atoms with Gasteiger partial charge >= 0.3 is 6.09 Å². The van der Waals surface area contributed by atoms with E-state index in [0.717, 1.165) is 25.7 Å². The number of alkyl carbamates (subject to hydrolysis) is 1. The van der Waals surface area contributed by atoms with E-state index in [9.17, 15) is 9.59 Å². The van der Waals surface area contributed by atoms with Gasteiger partial charge in [-0.3, -0.25) is 10.2 Å². The van der Waals surface area contributed by atoms with Crippen molar-refractivity contribution in [2.24, 2.45) is 5.73 Å². The Kier molecular flexibility index (Phi) is 32.2. The first kappa shape index (κ1) is 40.4. The van der Waals surface area contributed by atoms with E-state index in [2.05, 4.69) is 29.8 Å². The van der Waals surface area contributed by atoms with Crippen LogP contribution in [0.1, 0.15) is 155 Å². The molecule has 0 aliphatic carbocycles. The first-order valence-electron chi connectivity index (χ1n) is 16.3. The molecule has 8 nitrogen and oxygen atoms in total. The van der Waals surface area contributed by atoms with Crippen molar-refractivity contribution in [3.8, 4) is 0 Å². The number of nitrogens with two attached hydrogens (primary N) is 1. The molecule has 40 heavy (non-hydrogen) atoms. The van der Waals surface area contributed by atoms with Crippen LogP contribution in [0.3, 0.4) is 0 Å². The summed E-state index contributed by atoms with van der Waals surface area (Å²) < 4.78 is 5.35. The van der Waals surface area contributed by atoms with Crippen LogP contribution >= 0.6 is 12.4 Å². The molecular weight excluding hydrogens is 526 g/mol. The fourth-order valence-electron chi connectivity index (χ4n) is 4.68. The standard InChI is InChI=1S/C31H63N5O3.ClH/c1-3-5-7-9-11-13-15-17-19-21-25-34-29(37)28(24-23-26-35-30(32)33)36-31(38)39-27-22-20-18-16-14-12-10-8-6-4-2;/h28H,3-27H2,1-2H3,(H,34,37)(H,36,38)(H4,32,33,35);1H/t28-;/m0./s1. The zero-order valence-electron chi connectivity index (χ0n) is 26.0. The lowest BCUT2D eigenvalue weighted by molar-refractivity contribution is -0.123. The van der Waals surface area contributed by atoms with E-state index < -0.39 is 12.1 Å². The number of unbranched alkanes of at least 4 members (excludes halogenated alkanes) is 18. The largest absolute Gasteiger partial charge is 0.450 e. The van der Waals surface area contributed by atoms with Crippen molar-refractivity contribution in [3.63, 3.8) is 0 Å². The van der Waals surface area contributed by atoms with Gasteiger partial charge in [-0.1, -0.05) is 129 Å². The quantitative estimate of drug-likeness (QED) is 0.0362. The predicted octanol–water partition coefficient (Wildman–Crippen LogP) is 7.72. The molecule has 0 saturated heterocycles. The highest BCUT2D eigenvalue weighted by Gasteiger charge is 2.20. The lowest BCUT2D eigenvalue weighted by Gasteiger charge is -2.18. The van der Waals surface area contributed by atoms with Gasteiger partial charge in [-0.05, 0) is 25.7 Å². The second-order valence-electron chi connectivity index (χ2n) is 11.0. The Labute approximate surface area is 252 Å². The molecule has 0 radical (unpaired) electrons. The van der Waals surface area contributed by atoms with E-state index in [1.54, 1.807) is 0 Å².